The Morgan fingerprint density at radius 2 is 0.615 bits per heavy atom. The molecule has 0 fully saturated rings. The normalized spacial score (nSPS) is 13.0. The maximum atomic E-state index is 6.61. The fourth-order valence-electron chi connectivity index (χ4n) is 8.83. The molecule has 0 bridgehead atoms. The molecule has 0 radical (unpaired) electrons. The molecule has 0 unspecified atom stereocenters. The van der Waals surface area contributed by atoms with E-state index >= 15 is 0 Å². The Labute approximate surface area is 300 Å². The van der Waals surface area contributed by atoms with E-state index in [1.54, 1.807) is 0 Å². The minimum Gasteiger partial charge on any atom is -0.458 e. The number of hydrogen-bond acceptors (Lipinski definition) is 3. The van der Waals surface area contributed by atoms with E-state index in [1.807, 2.05) is 36.4 Å². The van der Waals surface area contributed by atoms with Crippen molar-refractivity contribution in [3.05, 3.63) is 164 Å². The number of rotatable bonds is 3. The second-order valence-electron chi connectivity index (χ2n) is 14.0. The fraction of sp³-hybridized carbons (Fsp3) is 0. The van der Waals surface area contributed by atoms with Crippen LogP contribution in [0.25, 0.3) is 65.7 Å². The van der Waals surface area contributed by atoms with E-state index < -0.39 is 0 Å². The number of ether oxygens (including phenoxy) is 3. The first-order valence-electron chi connectivity index (χ1n) is 17.8. The standard InChI is InChI=1S/C48H27BO3/c1-2-15-36-34(13-1)35-14-3-4-16-37(35)39-25-32(21-22-38(36)39)30-11-5-9-28(23-30)29-10-6-12-31(24-29)33-26-44-48-45(27-33)52-43-20-8-18-41-47(43)49(48)46-40(50-41)17-7-19-42(46)51-44/h1-27H. The molecule has 0 aromatic heterocycles. The SMILES string of the molecule is c1cc(-c2cccc(-c3ccc4c5ccccc5c5ccccc5c4c3)c2)cc(-c2cc3c4c(c2)Oc2cccc5c2B4c2c(cccc2O3)O5)c1. The molecule has 0 saturated carbocycles. The van der Waals surface area contributed by atoms with E-state index in [9.17, 15) is 0 Å². The highest BCUT2D eigenvalue weighted by atomic mass is 16.5. The van der Waals surface area contributed by atoms with Crippen molar-refractivity contribution in [2.45, 2.75) is 0 Å². The zero-order chi connectivity index (χ0) is 33.9. The third-order valence-corrected chi connectivity index (χ3v) is 11.2. The molecule has 9 aromatic carbocycles. The Hall–Kier alpha value is -6.78. The highest BCUT2D eigenvalue weighted by Crippen LogP contribution is 2.44. The maximum Gasteiger partial charge on any atom is 0.270 e. The molecule has 3 aliphatic rings. The summed E-state index contributed by atoms with van der Waals surface area (Å²) in [5, 5.41) is 7.71. The molecule has 0 saturated heterocycles. The van der Waals surface area contributed by atoms with Crippen LogP contribution in [0.3, 0.4) is 0 Å². The van der Waals surface area contributed by atoms with Crippen molar-refractivity contribution in [1.82, 2.24) is 0 Å². The van der Waals surface area contributed by atoms with Gasteiger partial charge in [-0.15, -0.1) is 0 Å². The van der Waals surface area contributed by atoms with Gasteiger partial charge in [0.25, 0.3) is 6.71 Å². The van der Waals surface area contributed by atoms with Crippen LogP contribution in [0.4, 0.5) is 0 Å². The second kappa shape index (κ2) is 10.4. The lowest BCUT2D eigenvalue weighted by Crippen LogP contribution is -2.59. The summed E-state index contributed by atoms with van der Waals surface area (Å²) in [5.74, 6) is 5.01. The van der Waals surface area contributed by atoms with Crippen molar-refractivity contribution in [1.29, 1.82) is 0 Å². The van der Waals surface area contributed by atoms with Crippen molar-refractivity contribution in [3.63, 3.8) is 0 Å². The lowest BCUT2D eigenvalue weighted by atomic mass is 9.34. The topological polar surface area (TPSA) is 27.7 Å². The van der Waals surface area contributed by atoms with Crippen LogP contribution >= 0.6 is 0 Å². The molecule has 240 valence electrons. The molecule has 3 heterocycles. The summed E-state index contributed by atoms with van der Waals surface area (Å²) in [4.78, 5) is 0. The van der Waals surface area contributed by atoms with Crippen molar-refractivity contribution in [2.24, 2.45) is 0 Å². The van der Waals surface area contributed by atoms with Gasteiger partial charge in [-0.25, -0.2) is 0 Å². The van der Waals surface area contributed by atoms with E-state index in [0.717, 1.165) is 67.6 Å². The van der Waals surface area contributed by atoms with Gasteiger partial charge in [-0.3, -0.25) is 0 Å². The average molecular weight is 663 g/mol. The van der Waals surface area contributed by atoms with Crippen LogP contribution in [0.15, 0.2) is 164 Å². The molecule has 52 heavy (non-hydrogen) atoms. The Bertz CT molecular complexity index is 2910. The van der Waals surface area contributed by atoms with Crippen LogP contribution in [0, 0.1) is 0 Å². The van der Waals surface area contributed by atoms with E-state index in [4.69, 9.17) is 14.2 Å². The molecule has 9 aromatic rings. The summed E-state index contributed by atoms with van der Waals surface area (Å²) in [6.45, 7) is 0.00796. The van der Waals surface area contributed by atoms with Crippen LogP contribution in [0.1, 0.15) is 0 Å². The van der Waals surface area contributed by atoms with Gasteiger partial charge in [0.05, 0.1) is 0 Å². The minimum atomic E-state index is 0.00796. The summed E-state index contributed by atoms with van der Waals surface area (Å²) < 4.78 is 19.5. The highest BCUT2D eigenvalue weighted by molar-refractivity contribution is 6.99. The molecule has 0 atom stereocenters. The third-order valence-electron chi connectivity index (χ3n) is 11.2. The van der Waals surface area contributed by atoms with Crippen LogP contribution in [0.2, 0.25) is 0 Å². The van der Waals surface area contributed by atoms with Gasteiger partial charge < -0.3 is 14.2 Å². The van der Waals surface area contributed by atoms with Crippen molar-refractivity contribution < 1.29 is 14.2 Å². The van der Waals surface area contributed by atoms with Crippen LogP contribution in [-0.2, 0) is 0 Å². The minimum absolute atomic E-state index is 0.00796. The first-order chi connectivity index (χ1) is 25.7. The van der Waals surface area contributed by atoms with Crippen molar-refractivity contribution >= 4 is 55.4 Å². The van der Waals surface area contributed by atoms with Crippen molar-refractivity contribution in [3.8, 4) is 67.9 Å². The molecule has 12 rings (SSSR count). The lowest BCUT2D eigenvalue weighted by molar-refractivity contribution is 0.443. The summed E-state index contributed by atoms with van der Waals surface area (Å²) >= 11 is 0. The monoisotopic (exact) mass is 662 g/mol. The molecular weight excluding hydrogens is 635 g/mol. The predicted molar refractivity (Wildman–Crippen MR) is 213 cm³/mol. The Kier molecular flexibility index (Phi) is 5.58. The van der Waals surface area contributed by atoms with Crippen molar-refractivity contribution in [2.75, 3.05) is 0 Å². The van der Waals surface area contributed by atoms with Gasteiger partial charge >= 0.3 is 0 Å². The summed E-state index contributed by atoms with van der Waals surface area (Å²) in [5.41, 5.74) is 10.1. The quantitative estimate of drug-likeness (QED) is 0.139. The Morgan fingerprint density at radius 1 is 0.250 bits per heavy atom. The Balaban J connectivity index is 0.954. The third kappa shape index (κ3) is 3.92. The summed E-state index contributed by atoms with van der Waals surface area (Å²) in [6.07, 6.45) is 0. The molecule has 3 aliphatic heterocycles. The van der Waals surface area contributed by atoms with Crippen LogP contribution in [0.5, 0.6) is 34.5 Å². The molecular formula is C48H27BO3. The largest absolute Gasteiger partial charge is 0.458 e. The molecule has 4 heteroatoms. The lowest BCUT2D eigenvalue weighted by Gasteiger charge is -2.37. The van der Waals surface area contributed by atoms with E-state index in [0.29, 0.717) is 0 Å². The summed E-state index contributed by atoms with van der Waals surface area (Å²) in [6, 6.07) is 58.5. The fourth-order valence-corrected chi connectivity index (χ4v) is 8.83. The molecule has 3 nitrogen and oxygen atoms in total. The molecule has 0 amide bonds. The first-order valence-corrected chi connectivity index (χ1v) is 17.8. The second-order valence-corrected chi connectivity index (χ2v) is 14.0. The molecule has 0 aliphatic carbocycles. The van der Waals surface area contributed by atoms with Crippen LogP contribution in [-0.4, -0.2) is 6.71 Å². The van der Waals surface area contributed by atoms with Gasteiger partial charge in [0.1, 0.15) is 34.5 Å². The van der Waals surface area contributed by atoms with Crippen LogP contribution < -0.4 is 30.6 Å². The highest BCUT2D eigenvalue weighted by Gasteiger charge is 2.46. The zero-order valence-corrected chi connectivity index (χ0v) is 27.9. The van der Waals surface area contributed by atoms with E-state index in [1.165, 1.54) is 49.0 Å². The molecule has 0 N–H and O–H groups in total. The van der Waals surface area contributed by atoms with Gasteiger partial charge in [-0.2, -0.15) is 0 Å². The summed E-state index contributed by atoms with van der Waals surface area (Å²) in [7, 11) is 0. The predicted octanol–water partition coefficient (Wildman–Crippen LogP) is 11.0. The van der Waals surface area contributed by atoms with Gasteiger partial charge in [-0.1, -0.05) is 109 Å². The maximum absolute atomic E-state index is 6.61. The number of fused-ring (bicyclic) bond motifs is 6. The number of benzene rings is 9. The van der Waals surface area contributed by atoms with E-state index in [-0.39, 0.29) is 6.71 Å². The van der Waals surface area contributed by atoms with E-state index in [2.05, 4.69) is 127 Å². The van der Waals surface area contributed by atoms with Gasteiger partial charge in [0, 0.05) is 16.4 Å². The van der Waals surface area contributed by atoms with Gasteiger partial charge in [0.15, 0.2) is 0 Å². The first kappa shape index (κ1) is 28.0. The zero-order valence-electron chi connectivity index (χ0n) is 27.9. The van der Waals surface area contributed by atoms with Gasteiger partial charge in [0.2, 0.25) is 0 Å². The molecule has 0 spiro atoms. The number of hydrogen-bond donors (Lipinski definition) is 0. The average Bonchev–Trinajstić information content (AvgIpc) is 3.21. The van der Waals surface area contributed by atoms with Gasteiger partial charge in [-0.05, 0) is 120 Å². The Morgan fingerprint density at radius 3 is 1.12 bits per heavy atom. The smallest absolute Gasteiger partial charge is 0.270 e.